The third kappa shape index (κ3) is 4.91. The van der Waals surface area contributed by atoms with Gasteiger partial charge in [-0.1, -0.05) is 24.3 Å². The highest BCUT2D eigenvalue weighted by molar-refractivity contribution is 7.89. The highest BCUT2D eigenvalue weighted by atomic mass is 32.2. The van der Waals surface area contributed by atoms with Crippen LogP contribution >= 0.6 is 0 Å². The Hall–Kier alpha value is -2.75. The Balaban J connectivity index is 2.34. The number of carboxylic acid groups (broad SMARTS) is 1. The van der Waals surface area contributed by atoms with Crippen molar-refractivity contribution in [3.63, 3.8) is 0 Å². The molecule has 0 aliphatic heterocycles. The van der Waals surface area contributed by atoms with Gasteiger partial charge in [-0.05, 0) is 30.7 Å². The number of anilines is 1. The van der Waals surface area contributed by atoms with Crippen molar-refractivity contribution in [1.82, 2.24) is 4.72 Å². The predicted molar refractivity (Wildman–Crippen MR) is 103 cm³/mol. The first-order chi connectivity index (χ1) is 12.7. The van der Waals surface area contributed by atoms with Crippen LogP contribution in [0.3, 0.4) is 0 Å². The van der Waals surface area contributed by atoms with Crippen LogP contribution in [0.5, 0.6) is 0 Å². The van der Waals surface area contributed by atoms with Crippen molar-refractivity contribution in [3.8, 4) is 11.1 Å². The van der Waals surface area contributed by atoms with Crippen molar-refractivity contribution >= 4 is 27.5 Å². The second-order valence-electron chi connectivity index (χ2n) is 5.86. The number of aromatic carboxylic acids is 1. The standard InChI is InChI=1S/C18H21N3O5S/c1-2-27(25,26)21-16(10-19)17(22)12-6-7-14(15(20)9-12)11-4-3-5-13(8-11)18(23)24/h3-9,16,21H,2,10,19-20H2,1H3,(H,23,24)/t16-/m0/s1. The van der Waals surface area contributed by atoms with Crippen molar-refractivity contribution in [2.75, 3.05) is 18.0 Å². The highest BCUT2D eigenvalue weighted by Gasteiger charge is 2.24. The number of nitrogens with one attached hydrogen (secondary N) is 1. The van der Waals surface area contributed by atoms with E-state index in [-0.39, 0.29) is 29.1 Å². The second kappa shape index (κ2) is 8.30. The Morgan fingerprint density at radius 2 is 1.85 bits per heavy atom. The van der Waals surface area contributed by atoms with E-state index in [9.17, 15) is 18.0 Å². The Morgan fingerprint density at radius 3 is 2.41 bits per heavy atom. The average Bonchev–Trinajstić information content (AvgIpc) is 2.65. The van der Waals surface area contributed by atoms with E-state index in [0.717, 1.165) is 0 Å². The van der Waals surface area contributed by atoms with E-state index in [1.54, 1.807) is 18.2 Å². The molecule has 27 heavy (non-hydrogen) atoms. The van der Waals surface area contributed by atoms with E-state index in [2.05, 4.69) is 4.72 Å². The SMILES string of the molecule is CCS(=O)(=O)N[C@@H](CN)C(=O)c1ccc(-c2cccc(C(=O)O)c2)c(N)c1. The van der Waals surface area contributed by atoms with E-state index in [1.807, 2.05) is 0 Å². The Kier molecular flexibility index (Phi) is 6.32. The summed E-state index contributed by atoms with van der Waals surface area (Å²) in [6.45, 7) is 1.26. The topological polar surface area (TPSA) is 153 Å². The number of nitrogens with two attached hydrogens (primary N) is 2. The molecule has 0 bridgehead atoms. The molecule has 2 aromatic carbocycles. The van der Waals surface area contributed by atoms with Gasteiger partial charge >= 0.3 is 5.97 Å². The maximum Gasteiger partial charge on any atom is 0.335 e. The van der Waals surface area contributed by atoms with Crippen LogP contribution in [0.4, 0.5) is 5.69 Å². The zero-order valence-electron chi connectivity index (χ0n) is 14.7. The van der Waals surface area contributed by atoms with Crippen LogP contribution in [0.1, 0.15) is 27.6 Å². The summed E-state index contributed by atoms with van der Waals surface area (Å²) in [6.07, 6.45) is 0. The summed E-state index contributed by atoms with van der Waals surface area (Å²) in [7, 11) is -3.60. The van der Waals surface area contributed by atoms with Crippen molar-refractivity contribution in [3.05, 3.63) is 53.6 Å². The first-order valence-corrected chi connectivity index (χ1v) is 9.81. The molecular weight excluding hydrogens is 370 g/mol. The van der Waals surface area contributed by atoms with Crippen LogP contribution < -0.4 is 16.2 Å². The minimum absolute atomic E-state index is 0.115. The van der Waals surface area contributed by atoms with Gasteiger partial charge in [0.2, 0.25) is 10.0 Å². The van der Waals surface area contributed by atoms with Gasteiger partial charge < -0.3 is 16.6 Å². The number of carboxylic acids is 1. The summed E-state index contributed by atoms with van der Waals surface area (Å²) in [6, 6.07) is 9.68. The number of carbonyl (C=O) groups is 2. The van der Waals surface area contributed by atoms with Gasteiger partial charge in [0.1, 0.15) is 0 Å². The molecule has 9 heteroatoms. The molecule has 0 unspecified atom stereocenters. The molecule has 0 fully saturated rings. The molecule has 0 saturated carbocycles. The smallest absolute Gasteiger partial charge is 0.335 e. The number of rotatable bonds is 8. The van der Waals surface area contributed by atoms with Gasteiger partial charge in [0.15, 0.2) is 5.78 Å². The third-order valence-electron chi connectivity index (χ3n) is 4.01. The highest BCUT2D eigenvalue weighted by Crippen LogP contribution is 2.28. The minimum atomic E-state index is -3.60. The summed E-state index contributed by atoms with van der Waals surface area (Å²) in [4.78, 5) is 23.7. The predicted octanol–water partition coefficient (Wildman–Crippen LogP) is 1.08. The Bertz CT molecular complexity index is 973. The van der Waals surface area contributed by atoms with Crippen LogP contribution in [-0.4, -0.2) is 43.6 Å². The van der Waals surface area contributed by atoms with Crippen LogP contribution in [0.2, 0.25) is 0 Å². The number of hydrogen-bond acceptors (Lipinski definition) is 6. The number of ketones is 1. The van der Waals surface area contributed by atoms with Crippen LogP contribution in [0.25, 0.3) is 11.1 Å². The second-order valence-corrected chi connectivity index (χ2v) is 7.90. The Morgan fingerprint density at radius 1 is 1.15 bits per heavy atom. The number of hydrogen-bond donors (Lipinski definition) is 4. The fourth-order valence-corrected chi connectivity index (χ4v) is 3.31. The molecule has 2 aromatic rings. The van der Waals surface area contributed by atoms with E-state index >= 15 is 0 Å². The largest absolute Gasteiger partial charge is 0.478 e. The molecule has 1 atom stereocenters. The molecule has 6 N–H and O–H groups in total. The van der Waals surface area contributed by atoms with Gasteiger partial charge in [-0.2, -0.15) is 0 Å². The first kappa shape index (κ1) is 20.6. The molecule has 0 spiro atoms. The maximum atomic E-state index is 12.6. The lowest BCUT2D eigenvalue weighted by Gasteiger charge is -2.16. The number of Topliss-reactive ketones (excluding diaryl/α,β-unsaturated/α-hetero) is 1. The van der Waals surface area contributed by atoms with E-state index in [0.29, 0.717) is 11.1 Å². The van der Waals surface area contributed by atoms with Crippen LogP contribution in [0, 0.1) is 0 Å². The maximum absolute atomic E-state index is 12.6. The monoisotopic (exact) mass is 391 g/mol. The zero-order chi connectivity index (χ0) is 20.2. The first-order valence-electron chi connectivity index (χ1n) is 8.16. The molecule has 0 radical (unpaired) electrons. The molecule has 0 amide bonds. The quantitative estimate of drug-likeness (QED) is 0.388. The van der Waals surface area contributed by atoms with E-state index in [4.69, 9.17) is 16.6 Å². The summed E-state index contributed by atoms with van der Waals surface area (Å²) >= 11 is 0. The van der Waals surface area contributed by atoms with E-state index < -0.39 is 27.8 Å². The normalized spacial score (nSPS) is 12.5. The molecule has 0 aromatic heterocycles. The molecule has 0 saturated heterocycles. The third-order valence-corrected chi connectivity index (χ3v) is 5.41. The van der Waals surface area contributed by atoms with Crippen LogP contribution in [0.15, 0.2) is 42.5 Å². The fraction of sp³-hybridized carbons (Fsp3) is 0.222. The molecule has 2 rings (SSSR count). The molecule has 0 aliphatic rings. The van der Waals surface area contributed by atoms with Crippen molar-refractivity contribution < 1.29 is 23.1 Å². The van der Waals surface area contributed by atoms with Crippen molar-refractivity contribution in [1.29, 1.82) is 0 Å². The number of sulfonamides is 1. The van der Waals surface area contributed by atoms with Crippen molar-refractivity contribution in [2.24, 2.45) is 5.73 Å². The van der Waals surface area contributed by atoms with E-state index in [1.165, 1.54) is 31.2 Å². The molecule has 144 valence electrons. The van der Waals surface area contributed by atoms with Gasteiger partial charge in [0, 0.05) is 23.4 Å². The molecule has 8 nitrogen and oxygen atoms in total. The Labute approximate surface area is 157 Å². The van der Waals surface area contributed by atoms with Gasteiger partial charge in [0.05, 0.1) is 17.4 Å². The van der Waals surface area contributed by atoms with Gasteiger partial charge in [0.25, 0.3) is 0 Å². The van der Waals surface area contributed by atoms with Gasteiger partial charge in [-0.15, -0.1) is 0 Å². The summed E-state index contributed by atoms with van der Waals surface area (Å²) in [5.41, 5.74) is 13.3. The lowest BCUT2D eigenvalue weighted by molar-refractivity contribution is 0.0696. The molecule has 0 aliphatic carbocycles. The zero-order valence-corrected chi connectivity index (χ0v) is 15.5. The van der Waals surface area contributed by atoms with Crippen molar-refractivity contribution in [2.45, 2.75) is 13.0 Å². The summed E-state index contributed by atoms with van der Waals surface area (Å²) in [5, 5.41) is 9.10. The number of nitrogen functional groups attached to an aromatic ring is 1. The molecule has 0 heterocycles. The number of benzene rings is 2. The lowest BCUT2D eigenvalue weighted by atomic mass is 9.97. The summed E-state index contributed by atoms with van der Waals surface area (Å²) in [5.74, 6) is -1.72. The van der Waals surface area contributed by atoms with Crippen LogP contribution in [-0.2, 0) is 10.0 Å². The summed E-state index contributed by atoms with van der Waals surface area (Å²) < 4.78 is 25.7. The minimum Gasteiger partial charge on any atom is -0.478 e. The van der Waals surface area contributed by atoms with Gasteiger partial charge in [-0.3, -0.25) is 4.79 Å². The van der Waals surface area contributed by atoms with Gasteiger partial charge in [-0.25, -0.2) is 17.9 Å². The fourth-order valence-electron chi connectivity index (χ4n) is 2.51. The average molecular weight is 391 g/mol. The lowest BCUT2D eigenvalue weighted by Crippen LogP contribution is -2.46. The number of carbonyl (C=O) groups excluding carboxylic acids is 1. The molecular formula is C18H21N3O5S.